The fourth-order valence-corrected chi connectivity index (χ4v) is 2.42. The molecule has 1 aliphatic carbocycles. The number of nitrogens with zero attached hydrogens (tertiary/aromatic N) is 2. The lowest BCUT2D eigenvalue weighted by Crippen LogP contribution is -2.37. The van der Waals surface area contributed by atoms with E-state index in [9.17, 15) is 4.79 Å². The average Bonchev–Trinajstić information content (AvgIpc) is 3.23. The lowest BCUT2D eigenvalue weighted by molar-refractivity contribution is -0.122. The largest absolute Gasteiger partial charge is 0.394 e. The van der Waals surface area contributed by atoms with E-state index in [1.165, 1.54) is 0 Å². The van der Waals surface area contributed by atoms with E-state index in [0.717, 1.165) is 29.7 Å². The summed E-state index contributed by atoms with van der Waals surface area (Å²) >= 11 is 0. The van der Waals surface area contributed by atoms with Crippen molar-refractivity contribution in [2.75, 3.05) is 6.61 Å². The SMILES string of the molecule is CC(CO)NC(=O)Cn1c(C2CC2)nc2ccccc21. The Labute approximate surface area is 117 Å². The van der Waals surface area contributed by atoms with Crippen LogP contribution in [0.4, 0.5) is 0 Å². The molecule has 0 aliphatic heterocycles. The number of hydrogen-bond donors (Lipinski definition) is 2. The van der Waals surface area contributed by atoms with Gasteiger partial charge in [0.15, 0.2) is 0 Å². The van der Waals surface area contributed by atoms with Crippen LogP contribution in [0.2, 0.25) is 0 Å². The molecular formula is C15H19N3O2. The quantitative estimate of drug-likeness (QED) is 0.865. The van der Waals surface area contributed by atoms with Crippen molar-refractivity contribution in [1.82, 2.24) is 14.9 Å². The standard InChI is InChI=1S/C15H19N3O2/c1-10(9-19)16-14(20)8-18-13-5-3-2-4-12(13)17-15(18)11-6-7-11/h2-5,10-11,19H,6-9H2,1H3,(H,16,20). The number of aliphatic hydroxyl groups is 1. The van der Waals surface area contributed by atoms with Gasteiger partial charge in [-0.3, -0.25) is 4.79 Å². The van der Waals surface area contributed by atoms with Gasteiger partial charge in [-0.2, -0.15) is 0 Å². The van der Waals surface area contributed by atoms with Crippen LogP contribution in [-0.4, -0.2) is 33.2 Å². The normalized spacial score (nSPS) is 16.3. The zero-order chi connectivity index (χ0) is 14.1. The minimum absolute atomic E-state index is 0.0497. The molecule has 1 heterocycles. The number of benzene rings is 1. The van der Waals surface area contributed by atoms with E-state index in [4.69, 9.17) is 5.11 Å². The van der Waals surface area contributed by atoms with Gasteiger partial charge >= 0.3 is 0 Å². The molecule has 1 aromatic carbocycles. The van der Waals surface area contributed by atoms with Crippen molar-refractivity contribution in [3.05, 3.63) is 30.1 Å². The molecule has 5 nitrogen and oxygen atoms in total. The Bertz CT molecular complexity index is 631. The van der Waals surface area contributed by atoms with Gasteiger partial charge in [-0.1, -0.05) is 12.1 Å². The van der Waals surface area contributed by atoms with Crippen LogP contribution in [0, 0.1) is 0 Å². The highest BCUT2D eigenvalue weighted by atomic mass is 16.3. The molecule has 0 spiro atoms. The second-order valence-electron chi connectivity index (χ2n) is 5.47. The van der Waals surface area contributed by atoms with Crippen LogP contribution in [0.5, 0.6) is 0 Å². The van der Waals surface area contributed by atoms with E-state index in [2.05, 4.69) is 10.3 Å². The van der Waals surface area contributed by atoms with Gasteiger partial charge in [0.1, 0.15) is 12.4 Å². The lowest BCUT2D eigenvalue weighted by atomic mass is 10.3. The summed E-state index contributed by atoms with van der Waals surface area (Å²) in [6.07, 6.45) is 2.30. The summed E-state index contributed by atoms with van der Waals surface area (Å²) in [5, 5.41) is 11.8. The van der Waals surface area contributed by atoms with Crippen molar-refractivity contribution >= 4 is 16.9 Å². The molecule has 5 heteroatoms. The predicted molar refractivity (Wildman–Crippen MR) is 76.4 cm³/mol. The summed E-state index contributed by atoms with van der Waals surface area (Å²) in [5.74, 6) is 1.42. The molecule has 1 atom stereocenters. The lowest BCUT2D eigenvalue weighted by Gasteiger charge is -2.13. The maximum atomic E-state index is 12.0. The molecule has 1 saturated carbocycles. The number of nitrogens with one attached hydrogen (secondary N) is 1. The number of imidazole rings is 1. The van der Waals surface area contributed by atoms with Gasteiger partial charge < -0.3 is 15.0 Å². The number of aliphatic hydroxyl groups excluding tert-OH is 1. The Morgan fingerprint density at radius 3 is 2.95 bits per heavy atom. The molecule has 1 aromatic heterocycles. The molecule has 1 unspecified atom stereocenters. The molecule has 20 heavy (non-hydrogen) atoms. The minimum atomic E-state index is -0.221. The maximum Gasteiger partial charge on any atom is 0.240 e. The Morgan fingerprint density at radius 1 is 1.50 bits per heavy atom. The van der Waals surface area contributed by atoms with Gasteiger partial charge in [0, 0.05) is 12.0 Å². The summed E-state index contributed by atoms with van der Waals surface area (Å²) in [6, 6.07) is 7.68. The van der Waals surface area contributed by atoms with Gasteiger partial charge in [0.2, 0.25) is 5.91 Å². The van der Waals surface area contributed by atoms with Gasteiger partial charge in [0.05, 0.1) is 17.6 Å². The number of fused-ring (bicyclic) bond motifs is 1. The summed E-state index contributed by atoms with van der Waals surface area (Å²) in [7, 11) is 0. The molecule has 1 fully saturated rings. The fourth-order valence-electron chi connectivity index (χ4n) is 2.42. The third-order valence-corrected chi connectivity index (χ3v) is 3.61. The Hall–Kier alpha value is -1.88. The molecular weight excluding hydrogens is 254 g/mol. The number of amides is 1. The number of rotatable bonds is 5. The second-order valence-corrected chi connectivity index (χ2v) is 5.47. The van der Waals surface area contributed by atoms with Gasteiger partial charge in [-0.05, 0) is 31.9 Å². The first-order valence-electron chi connectivity index (χ1n) is 7.04. The van der Waals surface area contributed by atoms with Crippen LogP contribution in [0.25, 0.3) is 11.0 Å². The smallest absolute Gasteiger partial charge is 0.240 e. The third-order valence-electron chi connectivity index (χ3n) is 3.61. The van der Waals surface area contributed by atoms with Gasteiger partial charge in [-0.15, -0.1) is 0 Å². The Kier molecular flexibility index (Phi) is 3.44. The van der Waals surface area contributed by atoms with Crippen LogP contribution in [0.1, 0.15) is 31.5 Å². The molecule has 1 aliphatic rings. The Morgan fingerprint density at radius 2 is 2.25 bits per heavy atom. The van der Waals surface area contributed by atoms with Crippen LogP contribution in [0.15, 0.2) is 24.3 Å². The summed E-state index contributed by atoms with van der Waals surface area (Å²) < 4.78 is 2.01. The molecule has 2 N–H and O–H groups in total. The van der Waals surface area contributed by atoms with Crippen molar-refractivity contribution < 1.29 is 9.90 Å². The van der Waals surface area contributed by atoms with E-state index in [1.807, 2.05) is 28.8 Å². The Balaban J connectivity index is 1.89. The molecule has 1 amide bonds. The van der Waals surface area contributed by atoms with Crippen LogP contribution in [0.3, 0.4) is 0 Å². The fraction of sp³-hybridized carbons (Fsp3) is 0.467. The third kappa shape index (κ3) is 2.54. The molecule has 2 aromatic rings. The van der Waals surface area contributed by atoms with Crippen LogP contribution >= 0.6 is 0 Å². The highest BCUT2D eigenvalue weighted by Gasteiger charge is 2.30. The molecule has 0 saturated heterocycles. The minimum Gasteiger partial charge on any atom is -0.394 e. The molecule has 0 radical (unpaired) electrons. The van der Waals surface area contributed by atoms with Crippen molar-refractivity contribution in [2.24, 2.45) is 0 Å². The zero-order valence-corrected chi connectivity index (χ0v) is 11.5. The van der Waals surface area contributed by atoms with Crippen LogP contribution in [-0.2, 0) is 11.3 Å². The number of hydrogen-bond acceptors (Lipinski definition) is 3. The first-order chi connectivity index (χ1) is 9.69. The topological polar surface area (TPSA) is 67.2 Å². The highest BCUT2D eigenvalue weighted by molar-refractivity contribution is 5.81. The monoisotopic (exact) mass is 273 g/mol. The summed E-state index contributed by atoms with van der Waals surface area (Å²) in [4.78, 5) is 16.7. The number of carbonyl (C=O) groups excluding carboxylic acids is 1. The van der Waals surface area contributed by atoms with E-state index in [1.54, 1.807) is 6.92 Å². The van der Waals surface area contributed by atoms with E-state index in [-0.39, 0.29) is 25.1 Å². The number of carbonyl (C=O) groups is 1. The first kappa shape index (κ1) is 13.1. The van der Waals surface area contributed by atoms with E-state index < -0.39 is 0 Å². The number of aromatic nitrogens is 2. The maximum absolute atomic E-state index is 12.0. The number of para-hydroxylation sites is 2. The van der Waals surface area contributed by atoms with E-state index >= 15 is 0 Å². The zero-order valence-electron chi connectivity index (χ0n) is 11.5. The summed E-state index contributed by atoms with van der Waals surface area (Å²) in [5.41, 5.74) is 1.94. The van der Waals surface area contributed by atoms with E-state index in [0.29, 0.717) is 5.92 Å². The van der Waals surface area contributed by atoms with Gasteiger partial charge in [-0.25, -0.2) is 4.98 Å². The van der Waals surface area contributed by atoms with Gasteiger partial charge in [0.25, 0.3) is 0 Å². The molecule has 0 bridgehead atoms. The first-order valence-corrected chi connectivity index (χ1v) is 7.04. The van der Waals surface area contributed by atoms with Crippen LogP contribution < -0.4 is 5.32 Å². The second kappa shape index (κ2) is 5.25. The highest BCUT2D eigenvalue weighted by Crippen LogP contribution is 2.40. The van der Waals surface area contributed by atoms with Crippen molar-refractivity contribution in [3.63, 3.8) is 0 Å². The van der Waals surface area contributed by atoms with Crippen molar-refractivity contribution in [3.8, 4) is 0 Å². The summed E-state index contributed by atoms with van der Waals surface area (Å²) in [6.45, 7) is 1.99. The predicted octanol–water partition coefficient (Wildman–Crippen LogP) is 1.41. The molecule has 106 valence electrons. The van der Waals surface area contributed by atoms with Crippen molar-refractivity contribution in [2.45, 2.75) is 38.3 Å². The van der Waals surface area contributed by atoms with Crippen molar-refractivity contribution in [1.29, 1.82) is 0 Å². The molecule has 3 rings (SSSR count). The average molecular weight is 273 g/mol.